The van der Waals surface area contributed by atoms with E-state index in [-0.39, 0.29) is 27.2 Å². The molecule has 0 saturated carbocycles. The van der Waals surface area contributed by atoms with Crippen molar-refractivity contribution in [3.05, 3.63) is 107 Å². The number of amides is 2. The number of hydrogen-bond acceptors (Lipinski definition) is 7. The van der Waals surface area contributed by atoms with Crippen molar-refractivity contribution in [1.82, 2.24) is 4.98 Å². The van der Waals surface area contributed by atoms with Gasteiger partial charge in [0.2, 0.25) is 17.4 Å². The molecule has 1 atom stereocenters. The number of methoxy groups -OCH3 is 1. The SMILES string of the molecule is COc1c(NC(=O)Nc2ccc(Oc3ccnc(Cc4ccc(P(C)(=O)O)c(Cl)c4)c3)c3ccccc23)cc(C(C)(C)C)cc1NS(C)(=O)=O. The second-order valence-electron chi connectivity index (χ2n) is 12.9. The normalized spacial score (nSPS) is 13.0. The third-order valence-corrected chi connectivity index (χ3v) is 10.0. The molecule has 0 saturated heterocycles. The summed E-state index contributed by atoms with van der Waals surface area (Å²) >= 11 is 6.29. The first-order valence-electron chi connectivity index (χ1n) is 15.4. The van der Waals surface area contributed by atoms with Crippen LogP contribution in [-0.4, -0.2) is 44.4 Å². The van der Waals surface area contributed by atoms with Crippen molar-refractivity contribution in [2.75, 3.05) is 35.4 Å². The first-order chi connectivity index (χ1) is 23.4. The molecule has 0 radical (unpaired) electrons. The van der Waals surface area contributed by atoms with E-state index in [4.69, 9.17) is 21.1 Å². The van der Waals surface area contributed by atoms with E-state index in [1.807, 2.05) is 45.0 Å². The summed E-state index contributed by atoms with van der Waals surface area (Å²) in [5.74, 6) is 1.26. The first-order valence-corrected chi connectivity index (χ1v) is 19.8. The van der Waals surface area contributed by atoms with Crippen molar-refractivity contribution in [3.63, 3.8) is 0 Å². The van der Waals surface area contributed by atoms with Gasteiger partial charge in [-0.3, -0.25) is 14.3 Å². The van der Waals surface area contributed by atoms with Crippen molar-refractivity contribution in [3.8, 4) is 17.2 Å². The third kappa shape index (κ3) is 8.94. The number of aromatic nitrogens is 1. The average molecular weight is 737 g/mol. The van der Waals surface area contributed by atoms with E-state index in [0.29, 0.717) is 35.0 Å². The molecule has 0 spiro atoms. The van der Waals surface area contributed by atoms with E-state index < -0.39 is 23.4 Å². The minimum atomic E-state index is -3.64. The van der Waals surface area contributed by atoms with Crippen molar-refractivity contribution in [2.24, 2.45) is 0 Å². The van der Waals surface area contributed by atoms with Crippen LogP contribution in [0, 0.1) is 0 Å². The van der Waals surface area contributed by atoms with Crippen LogP contribution in [0.25, 0.3) is 10.8 Å². The van der Waals surface area contributed by atoms with Gasteiger partial charge in [-0.25, -0.2) is 13.2 Å². The van der Waals surface area contributed by atoms with Gasteiger partial charge in [-0.05, 0) is 59.0 Å². The maximum Gasteiger partial charge on any atom is 0.323 e. The van der Waals surface area contributed by atoms with Crippen LogP contribution >= 0.6 is 19.0 Å². The lowest BCUT2D eigenvalue weighted by atomic mass is 9.86. The molecule has 2 amide bonds. The number of nitrogens with one attached hydrogen (secondary N) is 3. The molecule has 0 bridgehead atoms. The highest BCUT2D eigenvalue weighted by Crippen LogP contribution is 2.40. The smallest absolute Gasteiger partial charge is 0.323 e. The van der Waals surface area contributed by atoms with Crippen LogP contribution in [0.2, 0.25) is 5.02 Å². The molecule has 1 unspecified atom stereocenters. The summed E-state index contributed by atoms with van der Waals surface area (Å²) in [6, 6.07) is 22.3. The molecule has 14 heteroatoms. The van der Waals surface area contributed by atoms with E-state index in [0.717, 1.165) is 28.2 Å². The number of nitrogens with zero attached hydrogens (tertiary/aromatic N) is 1. The number of hydrogen-bond donors (Lipinski definition) is 4. The molecule has 1 heterocycles. The van der Waals surface area contributed by atoms with Crippen molar-refractivity contribution in [1.29, 1.82) is 0 Å². The van der Waals surface area contributed by atoms with Crippen LogP contribution in [0.5, 0.6) is 17.2 Å². The molecule has 4 aromatic carbocycles. The van der Waals surface area contributed by atoms with E-state index in [9.17, 15) is 22.7 Å². The molecule has 262 valence electrons. The molecule has 5 rings (SSSR count). The van der Waals surface area contributed by atoms with Crippen molar-refractivity contribution in [2.45, 2.75) is 32.6 Å². The minimum absolute atomic E-state index is 0.168. The molecule has 5 aromatic rings. The van der Waals surface area contributed by atoms with Crippen molar-refractivity contribution < 1.29 is 32.1 Å². The van der Waals surface area contributed by atoms with Crippen LogP contribution in [0.1, 0.15) is 37.6 Å². The van der Waals surface area contributed by atoms with Gasteiger partial charge >= 0.3 is 6.03 Å². The lowest BCUT2D eigenvalue weighted by Crippen LogP contribution is -2.22. The molecular formula is C36H38ClN4O7PS. The molecule has 0 aliphatic rings. The van der Waals surface area contributed by atoms with Gasteiger partial charge in [0.25, 0.3) is 0 Å². The highest BCUT2D eigenvalue weighted by Gasteiger charge is 2.23. The fourth-order valence-corrected chi connectivity index (χ4v) is 7.38. The number of pyridine rings is 1. The second-order valence-corrected chi connectivity index (χ2v) is 17.3. The second kappa shape index (κ2) is 14.3. The Labute approximate surface area is 296 Å². The van der Waals surface area contributed by atoms with Crippen LogP contribution in [0.4, 0.5) is 21.9 Å². The standard InChI is InChI=1S/C36H38ClN4O7PS/c1-36(2,3)23-19-30(34(47-4)31(20-23)41-50(6,45)46)40-35(42)39-29-12-13-32(27-10-8-7-9-26(27)29)48-25-15-16-38-24(21-25)17-22-11-14-33(28(37)18-22)49(5,43)44/h7-16,18-21,41H,17H2,1-6H3,(H,43,44)(H2,39,40,42). The number of rotatable bonds is 10. The molecular weight excluding hydrogens is 699 g/mol. The van der Waals surface area contributed by atoms with Gasteiger partial charge in [-0.1, -0.05) is 62.7 Å². The van der Waals surface area contributed by atoms with Crippen LogP contribution < -0.4 is 30.1 Å². The van der Waals surface area contributed by atoms with Gasteiger partial charge in [-0.15, -0.1) is 0 Å². The quantitative estimate of drug-likeness (QED) is 0.105. The predicted octanol–water partition coefficient (Wildman–Crippen LogP) is 8.12. The zero-order chi connectivity index (χ0) is 36.4. The number of anilines is 3. The Hall–Kier alpha value is -4.61. The summed E-state index contributed by atoms with van der Waals surface area (Å²) < 4.78 is 50.6. The summed E-state index contributed by atoms with van der Waals surface area (Å²) in [6.45, 7) is 7.18. The van der Waals surface area contributed by atoms with E-state index >= 15 is 0 Å². The van der Waals surface area contributed by atoms with Gasteiger partial charge in [0.1, 0.15) is 11.5 Å². The average Bonchev–Trinajstić information content (AvgIpc) is 3.00. The van der Waals surface area contributed by atoms with Crippen molar-refractivity contribution >= 4 is 68.2 Å². The molecule has 0 fully saturated rings. The highest BCUT2D eigenvalue weighted by atomic mass is 35.5. The number of ether oxygens (including phenoxy) is 2. The third-order valence-electron chi connectivity index (χ3n) is 7.70. The highest BCUT2D eigenvalue weighted by molar-refractivity contribution is 7.92. The number of halogens is 1. The Kier molecular flexibility index (Phi) is 10.5. The first kappa shape index (κ1) is 36.7. The van der Waals surface area contributed by atoms with Crippen LogP contribution in [0.3, 0.4) is 0 Å². The Morgan fingerprint density at radius 3 is 2.26 bits per heavy atom. The van der Waals surface area contributed by atoms with Gasteiger partial charge in [-0.2, -0.15) is 0 Å². The molecule has 11 nitrogen and oxygen atoms in total. The number of sulfonamides is 1. The van der Waals surface area contributed by atoms with Gasteiger partial charge < -0.3 is 25.0 Å². The van der Waals surface area contributed by atoms with Crippen LogP contribution in [0.15, 0.2) is 85.1 Å². The number of benzene rings is 4. The van der Waals surface area contributed by atoms with E-state index in [1.165, 1.54) is 13.8 Å². The summed E-state index contributed by atoms with van der Waals surface area (Å²) in [7, 11) is -5.73. The van der Waals surface area contributed by atoms with E-state index in [1.54, 1.807) is 60.8 Å². The molecule has 50 heavy (non-hydrogen) atoms. The Balaban J connectivity index is 1.38. The summed E-state index contributed by atoms with van der Waals surface area (Å²) in [5.41, 5.74) is 2.95. The summed E-state index contributed by atoms with van der Waals surface area (Å²) in [4.78, 5) is 27.8. The lowest BCUT2D eigenvalue weighted by molar-refractivity contribution is 0.262. The Morgan fingerprint density at radius 1 is 0.940 bits per heavy atom. The Morgan fingerprint density at radius 2 is 1.62 bits per heavy atom. The number of fused-ring (bicyclic) bond motifs is 1. The zero-order valence-electron chi connectivity index (χ0n) is 28.4. The lowest BCUT2D eigenvalue weighted by Gasteiger charge is -2.24. The van der Waals surface area contributed by atoms with E-state index in [2.05, 4.69) is 20.3 Å². The number of carbonyl (C=O) groups excluding carboxylic acids is 1. The zero-order valence-corrected chi connectivity index (χ0v) is 30.8. The number of carbonyl (C=O) groups is 1. The minimum Gasteiger partial charge on any atom is -0.492 e. The van der Waals surface area contributed by atoms with Gasteiger partial charge in [0.05, 0.1) is 40.8 Å². The molecule has 0 aliphatic carbocycles. The topological polar surface area (TPSA) is 156 Å². The largest absolute Gasteiger partial charge is 0.492 e. The Bertz CT molecular complexity index is 2250. The maximum atomic E-state index is 13.4. The summed E-state index contributed by atoms with van der Waals surface area (Å²) in [6.07, 6.45) is 3.10. The molecule has 1 aromatic heterocycles. The van der Waals surface area contributed by atoms with Gasteiger partial charge in [0, 0.05) is 41.8 Å². The fourth-order valence-electron chi connectivity index (χ4n) is 5.34. The number of urea groups is 1. The summed E-state index contributed by atoms with van der Waals surface area (Å²) in [5, 5.41) is 7.62. The molecule has 0 aliphatic heterocycles. The monoisotopic (exact) mass is 736 g/mol. The fraction of sp³-hybridized carbons (Fsp3) is 0.222. The maximum absolute atomic E-state index is 13.4. The predicted molar refractivity (Wildman–Crippen MR) is 201 cm³/mol. The van der Waals surface area contributed by atoms with Crippen LogP contribution in [-0.2, 0) is 26.4 Å². The molecule has 4 N–H and O–H groups in total. The van der Waals surface area contributed by atoms with Gasteiger partial charge in [0.15, 0.2) is 5.75 Å².